The third-order valence-corrected chi connectivity index (χ3v) is 3.96. The van der Waals surface area contributed by atoms with Gasteiger partial charge in [-0.1, -0.05) is 12.1 Å². The van der Waals surface area contributed by atoms with E-state index in [9.17, 15) is 0 Å². The van der Waals surface area contributed by atoms with E-state index in [4.69, 9.17) is 10.5 Å². The van der Waals surface area contributed by atoms with Crippen molar-refractivity contribution in [1.29, 1.82) is 0 Å². The zero-order valence-corrected chi connectivity index (χ0v) is 11.9. The normalized spacial score (nSPS) is 16.8. The zero-order valence-electron chi connectivity index (χ0n) is 11.9. The molecular formula is C16H21N3O. The van der Waals surface area contributed by atoms with Crippen molar-refractivity contribution < 1.29 is 4.74 Å². The van der Waals surface area contributed by atoms with Crippen LogP contribution in [0, 0.1) is 0 Å². The molecule has 1 aliphatic rings. The molecule has 0 spiro atoms. The number of piperidine rings is 1. The van der Waals surface area contributed by atoms with Gasteiger partial charge in [-0.3, -0.25) is 4.98 Å². The Morgan fingerprint density at radius 3 is 2.85 bits per heavy atom. The number of nitrogens with two attached hydrogens (primary N) is 1. The highest BCUT2D eigenvalue weighted by Gasteiger charge is 2.20. The lowest BCUT2D eigenvalue weighted by molar-refractivity contribution is 0.0459. The van der Waals surface area contributed by atoms with E-state index in [1.165, 1.54) is 5.69 Å². The molecular weight excluding hydrogens is 250 g/mol. The summed E-state index contributed by atoms with van der Waals surface area (Å²) in [6, 6.07) is 8.08. The summed E-state index contributed by atoms with van der Waals surface area (Å²) in [6.45, 7) is 4.92. The molecule has 2 N–H and O–H groups in total. The lowest BCUT2D eigenvalue weighted by Gasteiger charge is -2.34. The van der Waals surface area contributed by atoms with Gasteiger partial charge in [0.25, 0.3) is 0 Å². The largest absolute Gasteiger partial charge is 0.397 e. The topological polar surface area (TPSA) is 51.4 Å². The molecule has 0 atom stereocenters. The summed E-state index contributed by atoms with van der Waals surface area (Å²) < 4.78 is 5.71. The van der Waals surface area contributed by atoms with E-state index in [1.54, 1.807) is 0 Å². The fraction of sp³-hybridized carbons (Fsp3) is 0.438. The van der Waals surface area contributed by atoms with Crippen molar-refractivity contribution in [2.45, 2.75) is 25.9 Å². The van der Waals surface area contributed by atoms with Crippen LogP contribution >= 0.6 is 0 Å². The van der Waals surface area contributed by atoms with Crippen LogP contribution in [0.4, 0.5) is 11.4 Å². The molecule has 1 aliphatic heterocycles. The number of benzene rings is 1. The summed E-state index contributed by atoms with van der Waals surface area (Å²) in [6.07, 6.45) is 4.43. The number of fused-ring (bicyclic) bond motifs is 1. The lowest BCUT2D eigenvalue weighted by Crippen LogP contribution is -2.37. The van der Waals surface area contributed by atoms with Crippen LogP contribution in [-0.4, -0.2) is 30.8 Å². The molecule has 0 amide bonds. The zero-order chi connectivity index (χ0) is 13.9. The van der Waals surface area contributed by atoms with Crippen molar-refractivity contribution in [3.8, 4) is 0 Å². The van der Waals surface area contributed by atoms with E-state index in [0.717, 1.165) is 49.1 Å². The number of hydrogen-bond donors (Lipinski definition) is 1. The van der Waals surface area contributed by atoms with Crippen LogP contribution in [0.1, 0.15) is 19.8 Å². The summed E-state index contributed by atoms with van der Waals surface area (Å²) in [5, 5.41) is 1.14. The van der Waals surface area contributed by atoms with Gasteiger partial charge in [-0.2, -0.15) is 0 Å². The summed E-state index contributed by atoms with van der Waals surface area (Å²) in [7, 11) is 0. The minimum atomic E-state index is 0.412. The van der Waals surface area contributed by atoms with E-state index in [1.807, 2.05) is 18.3 Å². The number of hydrogen-bond acceptors (Lipinski definition) is 4. The fourth-order valence-electron chi connectivity index (χ4n) is 2.96. The molecule has 4 nitrogen and oxygen atoms in total. The average Bonchev–Trinajstić information content (AvgIpc) is 2.48. The number of pyridine rings is 1. The maximum Gasteiger partial charge on any atom is 0.0951 e. The van der Waals surface area contributed by atoms with Crippen LogP contribution in [0.3, 0.4) is 0 Å². The van der Waals surface area contributed by atoms with Crippen molar-refractivity contribution in [2.75, 3.05) is 30.3 Å². The summed E-state index contributed by atoms with van der Waals surface area (Å²) in [4.78, 5) is 6.82. The molecule has 2 aromatic rings. The summed E-state index contributed by atoms with van der Waals surface area (Å²) >= 11 is 0. The van der Waals surface area contributed by atoms with Crippen LogP contribution in [0.15, 0.2) is 30.5 Å². The van der Waals surface area contributed by atoms with Gasteiger partial charge in [0.1, 0.15) is 0 Å². The van der Waals surface area contributed by atoms with Gasteiger partial charge >= 0.3 is 0 Å². The second-order valence-corrected chi connectivity index (χ2v) is 5.22. The molecule has 1 aromatic carbocycles. The fourth-order valence-corrected chi connectivity index (χ4v) is 2.96. The Morgan fingerprint density at radius 1 is 1.30 bits per heavy atom. The smallest absolute Gasteiger partial charge is 0.0951 e. The maximum atomic E-state index is 6.02. The van der Waals surface area contributed by atoms with Crippen LogP contribution in [0.25, 0.3) is 10.9 Å². The Morgan fingerprint density at radius 2 is 2.10 bits per heavy atom. The molecule has 4 heteroatoms. The highest BCUT2D eigenvalue weighted by atomic mass is 16.5. The molecule has 0 bridgehead atoms. The number of rotatable bonds is 3. The highest BCUT2D eigenvalue weighted by Crippen LogP contribution is 2.30. The van der Waals surface area contributed by atoms with E-state index in [0.29, 0.717) is 6.10 Å². The van der Waals surface area contributed by atoms with E-state index in [-0.39, 0.29) is 0 Å². The van der Waals surface area contributed by atoms with Crippen LogP contribution in [0.5, 0.6) is 0 Å². The van der Waals surface area contributed by atoms with Gasteiger partial charge < -0.3 is 15.4 Å². The predicted molar refractivity (Wildman–Crippen MR) is 83.0 cm³/mol. The number of nitrogens with zero attached hydrogens (tertiary/aromatic N) is 2. The molecule has 3 rings (SSSR count). The standard InChI is InChI=1S/C16H21N3O/c1-2-20-12-7-10-19(11-8-12)15-6-9-18-16-13(15)4-3-5-14(16)17/h3-6,9,12H,2,7-8,10-11,17H2,1H3. The minimum absolute atomic E-state index is 0.412. The summed E-state index contributed by atoms with van der Waals surface area (Å²) in [5.74, 6) is 0. The molecule has 0 radical (unpaired) electrons. The molecule has 0 aliphatic carbocycles. The second kappa shape index (κ2) is 5.67. The first-order valence-electron chi connectivity index (χ1n) is 7.29. The van der Waals surface area contributed by atoms with E-state index >= 15 is 0 Å². The molecule has 106 valence electrons. The first-order valence-corrected chi connectivity index (χ1v) is 7.29. The monoisotopic (exact) mass is 271 g/mol. The number of ether oxygens (including phenoxy) is 1. The van der Waals surface area contributed by atoms with Gasteiger partial charge in [0, 0.05) is 37.0 Å². The SMILES string of the molecule is CCOC1CCN(c2ccnc3c(N)cccc23)CC1. The molecule has 1 fully saturated rings. The van der Waals surface area contributed by atoms with Crippen molar-refractivity contribution in [2.24, 2.45) is 0 Å². The van der Waals surface area contributed by atoms with Gasteiger partial charge in [0.15, 0.2) is 0 Å². The lowest BCUT2D eigenvalue weighted by atomic mass is 10.1. The molecule has 1 aromatic heterocycles. The number of para-hydroxylation sites is 1. The Bertz CT molecular complexity index is 591. The Labute approximate surface area is 119 Å². The molecule has 1 saturated heterocycles. The highest BCUT2D eigenvalue weighted by molar-refractivity contribution is 5.98. The summed E-state index contributed by atoms with van der Waals surface area (Å²) in [5.41, 5.74) is 8.89. The molecule has 20 heavy (non-hydrogen) atoms. The Balaban J connectivity index is 1.86. The van der Waals surface area contributed by atoms with Gasteiger partial charge in [-0.05, 0) is 31.9 Å². The number of nitrogen functional groups attached to an aromatic ring is 1. The van der Waals surface area contributed by atoms with Crippen molar-refractivity contribution in [3.63, 3.8) is 0 Å². The molecule has 0 saturated carbocycles. The van der Waals surface area contributed by atoms with Gasteiger partial charge in [0.05, 0.1) is 17.3 Å². The molecule has 2 heterocycles. The third kappa shape index (κ3) is 2.43. The quantitative estimate of drug-likeness (QED) is 0.872. The van der Waals surface area contributed by atoms with Crippen LogP contribution in [0.2, 0.25) is 0 Å². The van der Waals surface area contributed by atoms with Crippen LogP contribution in [-0.2, 0) is 4.74 Å². The molecule has 0 unspecified atom stereocenters. The third-order valence-electron chi connectivity index (χ3n) is 3.96. The number of aromatic nitrogens is 1. The van der Waals surface area contributed by atoms with E-state index < -0.39 is 0 Å². The second-order valence-electron chi connectivity index (χ2n) is 5.22. The van der Waals surface area contributed by atoms with E-state index in [2.05, 4.69) is 28.9 Å². The first kappa shape index (κ1) is 13.2. The Kier molecular flexibility index (Phi) is 3.74. The number of anilines is 2. The van der Waals surface area contributed by atoms with Crippen LogP contribution < -0.4 is 10.6 Å². The first-order chi connectivity index (χ1) is 9.79. The maximum absolute atomic E-state index is 6.02. The average molecular weight is 271 g/mol. The van der Waals surface area contributed by atoms with Gasteiger partial charge in [-0.25, -0.2) is 0 Å². The van der Waals surface area contributed by atoms with Crippen molar-refractivity contribution in [1.82, 2.24) is 4.98 Å². The van der Waals surface area contributed by atoms with Gasteiger partial charge in [-0.15, -0.1) is 0 Å². The minimum Gasteiger partial charge on any atom is -0.397 e. The predicted octanol–water partition coefficient (Wildman–Crippen LogP) is 2.82. The van der Waals surface area contributed by atoms with Crippen molar-refractivity contribution >= 4 is 22.3 Å². The van der Waals surface area contributed by atoms with Crippen molar-refractivity contribution in [3.05, 3.63) is 30.5 Å². The van der Waals surface area contributed by atoms with Gasteiger partial charge in [0.2, 0.25) is 0 Å². The Hall–Kier alpha value is -1.81.